The van der Waals surface area contributed by atoms with Gasteiger partial charge in [0.05, 0.1) is 13.2 Å². The SMILES string of the molecule is O=C(N[C@@H](Cc1ccc(OP(=O)(OCc2ccccc2)OCc2ccccc2)cc1)C(=O)NCCCN1CCCNC1=O)c1ccccc1. The zero-order valence-corrected chi connectivity index (χ0v) is 28.1. The van der Waals surface area contributed by atoms with Crippen molar-refractivity contribution in [3.05, 3.63) is 138 Å². The highest BCUT2D eigenvalue weighted by molar-refractivity contribution is 7.48. The van der Waals surface area contributed by atoms with E-state index in [1.807, 2.05) is 66.7 Å². The molecule has 1 fully saturated rings. The lowest BCUT2D eigenvalue weighted by Gasteiger charge is -2.27. The van der Waals surface area contributed by atoms with E-state index in [0.717, 1.165) is 23.1 Å². The topological polar surface area (TPSA) is 135 Å². The molecule has 0 saturated carbocycles. The molecule has 1 aliphatic heterocycles. The average Bonchev–Trinajstić information content (AvgIpc) is 3.14. The number of hydrogen-bond donors (Lipinski definition) is 3. The smallest absolute Gasteiger partial charge is 0.404 e. The second-order valence-electron chi connectivity index (χ2n) is 11.5. The van der Waals surface area contributed by atoms with Gasteiger partial charge in [0, 0.05) is 38.2 Å². The van der Waals surface area contributed by atoms with E-state index >= 15 is 0 Å². The van der Waals surface area contributed by atoms with Gasteiger partial charge in [0.2, 0.25) is 5.91 Å². The van der Waals surface area contributed by atoms with Crippen LogP contribution < -0.4 is 20.5 Å². The number of amides is 4. The Kier molecular flexibility index (Phi) is 13.0. The number of phosphoric acid groups is 1. The first kappa shape index (κ1) is 35.3. The van der Waals surface area contributed by atoms with Gasteiger partial charge in [-0.15, -0.1) is 0 Å². The predicted octanol–water partition coefficient (Wildman–Crippen LogP) is 5.87. The number of urea groups is 1. The van der Waals surface area contributed by atoms with Crippen LogP contribution in [-0.4, -0.2) is 55.0 Å². The van der Waals surface area contributed by atoms with E-state index in [0.29, 0.717) is 38.2 Å². The van der Waals surface area contributed by atoms with Gasteiger partial charge in [-0.3, -0.25) is 18.6 Å². The van der Waals surface area contributed by atoms with Crippen LogP contribution in [0.1, 0.15) is 39.9 Å². The molecule has 11 nitrogen and oxygen atoms in total. The maximum Gasteiger partial charge on any atom is 0.530 e. The standard InChI is InChI=1S/C37H41N4O7P/c42-35(32-16-8-3-9-17-32)40-34(36(43)38-22-10-24-41-25-11-23-39-37(41)44)26-29-18-20-33(21-19-29)48-49(45,46-27-30-12-4-1-5-13-30)47-28-31-14-6-2-7-15-31/h1-9,12-21,34H,10-11,22-28H2,(H,38,43)(H,39,44)(H,40,42)/t34-/m0/s1. The van der Waals surface area contributed by atoms with Gasteiger partial charge >= 0.3 is 13.9 Å². The molecule has 0 aliphatic carbocycles. The molecule has 0 bridgehead atoms. The zero-order chi connectivity index (χ0) is 34.3. The van der Waals surface area contributed by atoms with Crippen LogP contribution in [-0.2, 0) is 38.0 Å². The van der Waals surface area contributed by atoms with E-state index in [-0.39, 0.29) is 43.2 Å². The Balaban J connectivity index is 1.23. The molecular formula is C37H41N4O7P. The molecule has 0 unspecified atom stereocenters. The van der Waals surface area contributed by atoms with Gasteiger partial charge in [0.25, 0.3) is 5.91 Å². The number of rotatable bonds is 17. The second-order valence-corrected chi connectivity index (χ2v) is 13.1. The first-order chi connectivity index (χ1) is 23.9. The molecule has 5 rings (SSSR count). The Bertz CT molecular complexity index is 1650. The molecule has 3 N–H and O–H groups in total. The van der Waals surface area contributed by atoms with E-state index in [4.69, 9.17) is 13.6 Å². The molecular weight excluding hydrogens is 643 g/mol. The summed E-state index contributed by atoms with van der Waals surface area (Å²) in [4.78, 5) is 40.1. The molecule has 4 aromatic carbocycles. The number of carbonyl (C=O) groups is 3. The zero-order valence-electron chi connectivity index (χ0n) is 27.2. The second kappa shape index (κ2) is 18.0. The van der Waals surface area contributed by atoms with Crippen LogP contribution in [0.25, 0.3) is 0 Å². The van der Waals surface area contributed by atoms with Crippen LogP contribution in [0.2, 0.25) is 0 Å². The van der Waals surface area contributed by atoms with Crippen molar-refractivity contribution in [3.8, 4) is 5.75 Å². The van der Waals surface area contributed by atoms with E-state index in [9.17, 15) is 18.9 Å². The Morgan fingerprint density at radius 3 is 1.98 bits per heavy atom. The first-order valence-corrected chi connectivity index (χ1v) is 17.7. The minimum absolute atomic E-state index is 0.0219. The van der Waals surface area contributed by atoms with E-state index < -0.39 is 13.9 Å². The maximum atomic E-state index is 13.8. The van der Waals surface area contributed by atoms with Crippen molar-refractivity contribution in [3.63, 3.8) is 0 Å². The van der Waals surface area contributed by atoms with E-state index in [2.05, 4.69) is 16.0 Å². The summed E-state index contributed by atoms with van der Waals surface area (Å²) in [5.41, 5.74) is 2.78. The highest BCUT2D eigenvalue weighted by Gasteiger charge is 2.29. The Labute approximate surface area is 286 Å². The number of carbonyl (C=O) groups excluding carboxylic acids is 3. The van der Waals surface area contributed by atoms with Gasteiger partial charge in [-0.2, -0.15) is 0 Å². The Hall–Kier alpha value is -4.96. The molecule has 0 spiro atoms. The van der Waals surface area contributed by atoms with Gasteiger partial charge in [-0.1, -0.05) is 91.0 Å². The van der Waals surface area contributed by atoms with Gasteiger partial charge in [-0.05, 0) is 53.8 Å². The lowest BCUT2D eigenvalue weighted by molar-refractivity contribution is -0.122. The highest BCUT2D eigenvalue weighted by Crippen LogP contribution is 2.51. The number of benzene rings is 4. The summed E-state index contributed by atoms with van der Waals surface area (Å²) < 4.78 is 31.1. The molecule has 1 atom stereocenters. The van der Waals surface area contributed by atoms with Crippen LogP contribution in [0, 0.1) is 0 Å². The summed E-state index contributed by atoms with van der Waals surface area (Å²) in [5.74, 6) is -0.470. The van der Waals surface area contributed by atoms with Crippen molar-refractivity contribution in [1.82, 2.24) is 20.9 Å². The summed E-state index contributed by atoms with van der Waals surface area (Å²) in [5, 5.41) is 8.58. The number of nitrogens with one attached hydrogen (secondary N) is 3. The van der Waals surface area contributed by atoms with Crippen molar-refractivity contribution >= 4 is 25.7 Å². The van der Waals surface area contributed by atoms with Crippen LogP contribution in [0.4, 0.5) is 4.79 Å². The number of nitrogens with zero attached hydrogens (tertiary/aromatic N) is 1. The monoisotopic (exact) mass is 684 g/mol. The molecule has 4 amide bonds. The Morgan fingerprint density at radius 2 is 1.39 bits per heavy atom. The fourth-order valence-corrected chi connectivity index (χ4v) is 6.31. The average molecular weight is 685 g/mol. The van der Waals surface area contributed by atoms with E-state index in [1.54, 1.807) is 53.4 Å². The summed E-state index contributed by atoms with van der Waals surface area (Å²) in [6.07, 6.45) is 1.64. The normalized spacial score (nSPS) is 13.6. The van der Waals surface area contributed by atoms with Crippen molar-refractivity contribution < 1.29 is 32.5 Å². The lowest BCUT2D eigenvalue weighted by atomic mass is 10.0. The molecule has 1 heterocycles. The number of phosphoric ester groups is 1. The van der Waals surface area contributed by atoms with Crippen molar-refractivity contribution in [2.75, 3.05) is 26.2 Å². The van der Waals surface area contributed by atoms with Gasteiger partial charge < -0.3 is 25.4 Å². The third kappa shape index (κ3) is 11.3. The van der Waals surface area contributed by atoms with Crippen molar-refractivity contribution in [2.45, 2.75) is 38.5 Å². The minimum atomic E-state index is -4.06. The summed E-state index contributed by atoms with van der Waals surface area (Å²) in [6.45, 7) is 2.26. The molecule has 49 heavy (non-hydrogen) atoms. The lowest BCUT2D eigenvalue weighted by Crippen LogP contribution is -2.49. The summed E-state index contributed by atoms with van der Waals surface area (Å²) in [6, 6.07) is 33.0. The molecule has 1 aliphatic rings. The van der Waals surface area contributed by atoms with Gasteiger partial charge in [0.15, 0.2) is 0 Å². The largest absolute Gasteiger partial charge is 0.530 e. The van der Waals surface area contributed by atoms with Gasteiger partial charge in [0.1, 0.15) is 11.8 Å². The van der Waals surface area contributed by atoms with Crippen LogP contribution in [0.5, 0.6) is 5.75 Å². The molecule has 0 radical (unpaired) electrons. The molecule has 1 saturated heterocycles. The highest BCUT2D eigenvalue weighted by atomic mass is 31.2. The summed E-state index contributed by atoms with van der Waals surface area (Å²) >= 11 is 0. The van der Waals surface area contributed by atoms with Crippen LogP contribution >= 0.6 is 7.82 Å². The maximum absolute atomic E-state index is 13.8. The number of hydrogen-bond acceptors (Lipinski definition) is 7. The summed E-state index contributed by atoms with van der Waals surface area (Å²) in [7, 11) is -4.06. The van der Waals surface area contributed by atoms with Crippen molar-refractivity contribution in [1.29, 1.82) is 0 Å². The van der Waals surface area contributed by atoms with Gasteiger partial charge in [-0.25, -0.2) is 9.36 Å². The fraction of sp³-hybridized carbons (Fsp3) is 0.270. The van der Waals surface area contributed by atoms with E-state index in [1.165, 1.54) is 0 Å². The predicted molar refractivity (Wildman–Crippen MR) is 186 cm³/mol. The quantitative estimate of drug-likeness (QED) is 0.0936. The molecule has 0 aromatic heterocycles. The molecule has 256 valence electrons. The van der Waals surface area contributed by atoms with Crippen LogP contribution in [0.3, 0.4) is 0 Å². The fourth-order valence-electron chi connectivity index (χ4n) is 5.13. The Morgan fingerprint density at radius 1 is 0.796 bits per heavy atom. The molecule has 12 heteroatoms. The minimum Gasteiger partial charge on any atom is -0.404 e. The van der Waals surface area contributed by atoms with Crippen molar-refractivity contribution in [2.24, 2.45) is 0 Å². The molecule has 4 aromatic rings. The third-order valence-corrected chi connectivity index (χ3v) is 9.10. The third-order valence-electron chi connectivity index (χ3n) is 7.77. The van der Waals surface area contributed by atoms with Crippen LogP contribution in [0.15, 0.2) is 115 Å². The first-order valence-electron chi connectivity index (χ1n) is 16.3.